The fraction of sp³-hybridized carbons (Fsp3) is 0.542. The molecule has 1 aliphatic heterocycles. The highest BCUT2D eigenvalue weighted by atomic mass is 19.4. The van der Waals surface area contributed by atoms with Crippen LogP contribution in [0.15, 0.2) is 30.3 Å². The van der Waals surface area contributed by atoms with Crippen molar-refractivity contribution in [2.45, 2.75) is 58.2 Å². The quantitative estimate of drug-likeness (QED) is 0.493. The molecule has 2 aromatic rings. The van der Waals surface area contributed by atoms with Gasteiger partial charge in [-0.05, 0) is 54.5 Å². The first-order chi connectivity index (χ1) is 16.0. The van der Waals surface area contributed by atoms with E-state index in [1.807, 2.05) is 25.1 Å². The topological polar surface area (TPSA) is 87.6 Å². The number of benzene rings is 1. The normalized spacial score (nSPS) is 15.9. The van der Waals surface area contributed by atoms with Crippen LogP contribution in [0.1, 0.15) is 57.2 Å². The third kappa shape index (κ3) is 6.82. The maximum absolute atomic E-state index is 12.9. The van der Waals surface area contributed by atoms with Gasteiger partial charge < -0.3 is 20.1 Å². The molecule has 0 aliphatic carbocycles. The molecule has 186 valence electrons. The first kappa shape index (κ1) is 25.7. The minimum Gasteiger partial charge on any atom is -0.481 e. The Labute approximate surface area is 197 Å². The van der Waals surface area contributed by atoms with E-state index in [1.54, 1.807) is 0 Å². The third-order valence-electron chi connectivity index (χ3n) is 5.79. The number of nitrogens with one attached hydrogen (secondary N) is 1. The summed E-state index contributed by atoms with van der Waals surface area (Å²) < 4.78 is 44.2. The highest BCUT2D eigenvalue weighted by Crippen LogP contribution is 2.36. The van der Waals surface area contributed by atoms with Crippen LogP contribution < -0.4 is 10.2 Å². The Bertz CT molecular complexity index is 961. The monoisotopic (exact) mass is 480 g/mol. The number of carbonyl (C=O) groups is 1. The SMILES string of the molecule is CC(C)CN(c1ccc([C@H](C)CC(=O)O)cc1Nc1ccc(C(F)(F)F)nn1)C1CCOCC1. The molecule has 1 aromatic carbocycles. The standard InChI is InChI=1S/C24H31F3N4O3/c1-15(2)14-31(18-8-10-34-11-9-18)20-5-4-17(16(3)12-23(32)33)13-19(20)28-22-7-6-21(29-30-22)24(25,26)27/h4-7,13,15-16,18H,8-12,14H2,1-3H3,(H,28,30)(H,32,33)/t16-/m1/s1. The molecule has 1 aliphatic rings. The van der Waals surface area contributed by atoms with E-state index < -0.39 is 17.8 Å². The van der Waals surface area contributed by atoms with Gasteiger partial charge in [-0.2, -0.15) is 13.2 Å². The number of hydrogen-bond donors (Lipinski definition) is 2. The molecule has 1 saturated heterocycles. The second kappa shape index (κ2) is 11.0. The smallest absolute Gasteiger partial charge is 0.435 e. The lowest BCUT2D eigenvalue weighted by Crippen LogP contribution is -2.42. The van der Waals surface area contributed by atoms with E-state index in [2.05, 4.69) is 34.3 Å². The van der Waals surface area contributed by atoms with Crippen LogP contribution in [0.4, 0.5) is 30.4 Å². The van der Waals surface area contributed by atoms with Gasteiger partial charge in [-0.25, -0.2) is 0 Å². The fourth-order valence-corrected chi connectivity index (χ4v) is 4.11. The lowest BCUT2D eigenvalue weighted by molar-refractivity contribution is -0.141. The molecule has 0 spiro atoms. The molecule has 3 rings (SSSR count). The Morgan fingerprint density at radius 3 is 2.44 bits per heavy atom. The zero-order valence-electron chi connectivity index (χ0n) is 19.6. The van der Waals surface area contributed by atoms with Crippen molar-refractivity contribution in [1.29, 1.82) is 0 Å². The predicted octanol–water partition coefficient (Wildman–Crippen LogP) is 5.46. The van der Waals surface area contributed by atoms with Crippen LogP contribution in [0.25, 0.3) is 0 Å². The number of carboxylic acid groups (broad SMARTS) is 1. The van der Waals surface area contributed by atoms with Crippen LogP contribution in [0, 0.1) is 5.92 Å². The van der Waals surface area contributed by atoms with Crippen LogP contribution >= 0.6 is 0 Å². The van der Waals surface area contributed by atoms with Crippen LogP contribution in [-0.4, -0.2) is 47.1 Å². The Morgan fingerprint density at radius 2 is 1.88 bits per heavy atom. The number of halogens is 3. The van der Waals surface area contributed by atoms with Gasteiger partial charge in [0.15, 0.2) is 11.5 Å². The van der Waals surface area contributed by atoms with Crippen molar-refractivity contribution in [3.63, 3.8) is 0 Å². The van der Waals surface area contributed by atoms with Crippen molar-refractivity contribution in [2.75, 3.05) is 30.0 Å². The van der Waals surface area contributed by atoms with Gasteiger partial charge in [0.05, 0.1) is 17.8 Å². The Kier molecular flexibility index (Phi) is 8.35. The highest BCUT2D eigenvalue weighted by molar-refractivity contribution is 5.76. The summed E-state index contributed by atoms with van der Waals surface area (Å²) in [6, 6.07) is 8.10. The van der Waals surface area contributed by atoms with E-state index in [-0.39, 0.29) is 24.2 Å². The number of anilines is 3. The number of hydrogen-bond acceptors (Lipinski definition) is 6. The number of alkyl halides is 3. The first-order valence-electron chi connectivity index (χ1n) is 11.4. The predicted molar refractivity (Wildman–Crippen MR) is 123 cm³/mol. The molecule has 1 atom stereocenters. The number of carboxylic acids is 1. The highest BCUT2D eigenvalue weighted by Gasteiger charge is 2.33. The second-order valence-corrected chi connectivity index (χ2v) is 9.09. The molecule has 0 amide bonds. The van der Waals surface area contributed by atoms with E-state index in [1.165, 1.54) is 6.07 Å². The molecule has 7 nitrogen and oxygen atoms in total. The van der Waals surface area contributed by atoms with Gasteiger partial charge in [0.25, 0.3) is 0 Å². The van der Waals surface area contributed by atoms with Crippen molar-refractivity contribution in [1.82, 2.24) is 10.2 Å². The summed E-state index contributed by atoms with van der Waals surface area (Å²) in [6.07, 6.45) is -2.87. The van der Waals surface area contributed by atoms with Gasteiger partial charge in [-0.3, -0.25) is 4.79 Å². The molecular weight excluding hydrogens is 449 g/mol. The summed E-state index contributed by atoms with van der Waals surface area (Å²) in [5.41, 5.74) is 1.28. The minimum absolute atomic E-state index is 0.0332. The van der Waals surface area contributed by atoms with Gasteiger partial charge in [0.1, 0.15) is 0 Å². The lowest BCUT2D eigenvalue weighted by atomic mass is 9.95. The van der Waals surface area contributed by atoms with Crippen molar-refractivity contribution in [3.8, 4) is 0 Å². The van der Waals surface area contributed by atoms with Gasteiger partial charge in [0, 0.05) is 25.8 Å². The molecule has 0 bridgehead atoms. The van der Waals surface area contributed by atoms with E-state index >= 15 is 0 Å². The molecule has 34 heavy (non-hydrogen) atoms. The minimum atomic E-state index is -4.57. The third-order valence-corrected chi connectivity index (χ3v) is 5.79. The summed E-state index contributed by atoms with van der Waals surface area (Å²) >= 11 is 0. The number of ether oxygens (including phenoxy) is 1. The summed E-state index contributed by atoms with van der Waals surface area (Å²) in [5.74, 6) is -0.600. The number of aliphatic carboxylic acids is 1. The summed E-state index contributed by atoms with van der Waals surface area (Å²) in [4.78, 5) is 13.5. The first-order valence-corrected chi connectivity index (χ1v) is 11.4. The zero-order valence-corrected chi connectivity index (χ0v) is 19.6. The average molecular weight is 481 g/mol. The van der Waals surface area contributed by atoms with Crippen LogP contribution in [0.2, 0.25) is 0 Å². The lowest BCUT2D eigenvalue weighted by Gasteiger charge is -2.38. The molecule has 0 radical (unpaired) electrons. The number of nitrogens with zero attached hydrogens (tertiary/aromatic N) is 3. The maximum Gasteiger partial charge on any atom is 0.435 e. The number of rotatable bonds is 9. The maximum atomic E-state index is 12.9. The Hall–Kier alpha value is -2.88. The average Bonchev–Trinajstić information content (AvgIpc) is 2.77. The Balaban J connectivity index is 2.00. The van der Waals surface area contributed by atoms with E-state index in [0.29, 0.717) is 24.8 Å². The van der Waals surface area contributed by atoms with Gasteiger partial charge in [-0.15, -0.1) is 10.2 Å². The summed E-state index contributed by atoms with van der Waals surface area (Å²) in [5, 5.41) is 19.4. The molecular formula is C24H31F3N4O3. The van der Waals surface area contributed by atoms with Crippen LogP contribution in [-0.2, 0) is 15.7 Å². The molecule has 0 saturated carbocycles. The van der Waals surface area contributed by atoms with E-state index in [9.17, 15) is 23.1 Å². The van der Waals surface area contributed by atoms with Gasteiger partial charge in [-0.1, -0.05) is 26.8 Å². The van der Waals surface area contributed by atoms with Crippen molar-refractivity contribution < 1.29 is 27.8 Å². The fourth-order valence-electron chi connectivity index (χ4n) is 4.11. The van der Waals surface area contributed by atoms with Gasteiger partial charge in [0.2, 0.25) is 0 Å². The number of aromatic nitrogens is 2. The van der Waals surface area contributed by atoms with E-state index in [0.717, 1.165) is 36.7 Å². The molecule has 2 heterocycles. The van der Waals surface area contributed by atoms with Crippen LogP contribution in [0.3, 0.4) is 0 Å². The molecule has 2 N–H and O–H groups in total. The largest absolute Gasteiger partial charge is 0.481 e. The summed E-state index contributed by atoms with van der Waals surface area (Å²) in [6.45, 7) is 8.20. The molecule has 0 unspecified atom stereocenters. The van der Waals surface area contributed by atoms with Crippen molar-refractivity contribution in [2.24, 2.45) is 5.92 Å². The zero-order chi connectivity index (χ0) is 24.9. The summed E-state index contributed by atoms with van der Waals surface area (Å²) in [7, 11) is 0. The van der Waals surface area contributed by atoms with Crippen molar-refractivity contribution in [3.05, 3.63) is 41.6 Å². The van der Waals surface area contributed by atoms with Crippen LogP contribution in [0.5, 0.6) is 0 Å². The molecule has 1 fully saturated rings. The molecule has 1 aromatic heterocycles. The Morgan fingerprint density at radius 1 is 1.18 bits per heavy atom. The van der Waals surface area contributed by atoms with Gasteiger partial charge >= 0.3 is 12.1 Å². The van der Waals surface area contributed by atoms with Crippen molar-refractivity contribution >= 4 is 23.2 Å². The second-order valence-electron chi connectivity index (χ2n) is 9.09. The van der Waals surface area contributed by atoms with E-state index in [4.69, 9.17) is 4.74 Å². The molecule has 10 heteroatoms.